The molecular weight excluding hydrogens is 224 g/mol. The fraction of sp³-hybridized carbons (Fsp3) is 0.533. The van der Waals surface area contributed by atoms with E-state index >= 15 is 0 Å². The van der Waals surface area contributed by atoms with Crippen LogP contribution in [0.4, 0.5) is 4.79 Å². The third kappa shape index (κ3) is 5.71. The first-order chi connectivity index (χ1) is 8.40. The van der Waals surface area contributed by atoms with Crippen molar-refractivity contribution in [3.05, 3.63) is 35.4 Å². The molecular formula is C15H24N2O. The normalized spacial score (nSPS) is 11.1. The fourth-order valence-corrected chi connectivity index (χ4v) is 1.65. The van der Waals surface area contributed by atoms with Crippen molar-refractivity contribution < 1.29 is 4.79 Å². The quantitative estimate of drug-likeness (QED) is 0.845. The highest BCUT2D eigenvalue weighted by Crippen LogP contribution is 2.05. The average Bonchev–Trinajstić information content (AvgIpc) is 2.27. The monoisotopic (exact) mass is 248 g/mol. The molecule has 0 spiro atoms. The summed E-state index contributed by atoms with van der Waals surface area (Å²) in [5.74, 6) is 0. The predicted molar refractivity (Wildman–Crippen MR) is 75.8 cm³/mol. The number of aryl methyl sites for hydroxylation is 1. The standard InChI is InChI=1S/C15H24N2O/c1-5-12-6-8-13(9-7-12)10-11-16-14(18)17-15(2,3)4/h6-9H,5,10-11H2,1-4H3,(H2,16,17,18). The molecule has 0 aliphatic rings. The van der Waals surface area contributed by atoms with E-state index < -0.39 is 0 Å². The van der Waals surface area contributed by atoms with E-state index in [9.17, 15) is 4.79 Å². The number of carbonyl (C=O) groups excluding carboxylic acids is 1. The van der Waals surface area contributed by atoms with Crippen LogP contribution in [0.15, 0.2) is 24.3 Å². The number of hydrogen-bond acceptors (Lipinski definition) is 1. The molecule has 1 aromatic carbocycles. The molecule has 2 N–H and O–H groups in total. The lowest BCUT2D eigenvalue weighted by molar-refractivity contribution is 0.232. The lowest BCUT2D eigenvalue weighted by atomic mass is 10.1. The van der Waals surface area contributed by atoms with Gasteiger partial charge in [0, 0.05) is 12.1 Å². The van der Waals surface area contributed by atoms with Crippen molar-refractivity contribution in [3.8, 4) is 0 Å². The van der Waals surface area contributed by atoms with E-state index in [1.807, 2.05) is 20.8 Å². The van der Waals surface area contributed by atoms with E-state index in [2.05, 4.69) is 41.8 Å². The Bertz CT molecular complexity index is 376. The predicted octanol–water partition coefficient (Wildman–Crippen LogP) is 2.89. The van der Waals surface area contributed by atoms with Crippen molar-refractivity contribution >= 4 is 6.03 Å². The number of nitrogens with one attached hydrogen (secondary N) is 2. The first-order valence-electron chi connectivity index (χ1n) is 6.54. The summed E-state index contributed by atoms with van der Waals surface area (Å²) in [4.78, 5) is 11.5. The molecule has 0 saturated carbocycles. The highest BCUT2D eigenvalue weighted by atomic mass is 16.2. The van der Waals surface area contributed by atoms with Crippen LogP contribution in [-0.4, -0.2) is 18.1 Å². The van der Waals surface area contributed by atoms with Gasteiger partial charge >= 0.3 is 6.03 Å². The smallest absolute Gasteiger partial charge is 0.315 e. The second-order valence-corrected chi connectivity index (χ2v) is 5.55. The van der Waals surface area contributed by atoms with Crippen molar-refractivity contribution in [2.75, 3.05) is 6.54 Å². The summed E-state index contributed by atoms with van der Waals surface area (Å²) >= 11 is 0. The maximum absolute atomic E-state index is 11.5. The average molecular weight is 248 g/mol. The molecule has 18 heavy (non-hydrogen) atoms. The Morgan fingerprint density at radius 3 is 2.17 bits per heavy atom. The topological polar surface area (TPSA) is 41.1 Å². The molecule has 0 unspecified atom stereocenters. The third-order valence-corrected chi connectivity index (χ3v) is 2.62. The van der Waals surface area contributed by atoms with Gasteiger partial charge in [-0.15, -0.1) is 0 Å². The van der Waals surface area contributed by atoms with Gasteiger partial charge in [-0.2, -0.15) is 0 Å². The molecule has 1 aromatic rings. The van der Waals surface area contributed by atoms with Crippen LogP contribution in [0.3, 0.4) is 0 Å². The van der Waals surface area contributed by atoms with Crippen molar-refractivity contribution in [3.63, 3.8) is 0 Å². The molecule has 100 valence electrons. The molecule has 0 heterocycles. The highest BCUT2D eigenvalue weighted by Gasteiger charge is 2.12. The zero-order valence-corrected chi connectivity index (χ0v) is 11.8. The summed E-state index contributed by atoms with van der Waals surface area (Å²) in [6, 6.07) is 8.44. The number of hydrogen-bond donors (Lipinski definition) is 2. The summed E-state index contributed by atoms with van der Waals surface area (Å²) in [5.41, 5.74) is 2.41. The summed E-state index contributed by atoms with van der Waals surface area (Å²) < 4.78 is 0. The van der Waals surface area contributed by atoms with Gasteiger partial charge in [-0.05, 0) is 44.7 Å². The first kappa shape index (κ1) is 14.6. The molecule has 0 aromatic heterocycles. The van der Waals surface area contributed by atoms with Crippen LogP contribution in [0.5, 0.6) is 0 Å². The molecule has 0 aliphatic heterocycles. The Kier molecular flexibility index (Phi) is 5.20. The molecule has 0 atom stereocenters. The van der Waals surface area contributed by atoms with Gasteiger partial charge in [-0.25, -0.2) is 4.79 Å². The SMILES string of the molecule is CCc1ccc(CCNC(=O)NC(C)(C)C)cc1. The Balaban J connectivity index is 2.30. The van der Waals surface area contributed by atoms with Gasteiger partial charge in [-0.1, -0.05) is 31.2 Å². The van der Waals surface area contributed by atoms with Gasteiger partial charge in [0.05, 0.1) is 0 Å². The second-order valence-electron chi connectivity index (χ2n) is 5.55. The highest BCUT2D eigenvalue weighted by molar-refractivity contribution is 5.74. The minimum Gasteiger partial charge on any atom is -0.338 e. The number of amides is 2. The summed E-state index contributed by atoms with van der Waals surface area (Å²) in [6.45, 7) is 8.71. The first-order valence-corrected chi connectivity index (χ1v) is 6.54. The lowest BCUT2D eigenvalue weighted by Gasteiger charge is -2.20. The number of rotatable bonds is 4. The molecule has 0 aliphatic carbocycles. The van der Waals surface area contributed by atoms with Crippen molar-refractivity contribution in [2.24, 2.45) is 0 Å². The maximum Gasteiger partial charge on any atom is 0.315 e. The van der Waals surface area contributed by atoms with Crippen LogP contribution in [0.25, 0.3) is 0 Å². The largest absolute Gasteiger partial charge is 0.338 e. The van der Waals surface area contributed by atoms with Crippen LogP contribution in [0.1, 0.15) is 38.8 Å². The Labute approximate surface area is 110 Å². The van der Waals surface area contributed by atoms with Gasteiger partial charge in [0.25, 0.3) is 0 Å². The maximum atomic E-state index is 11.5. The minimum atomic E-state index is -0.188. The molecule has 0 saturated heterocycles. The lowest BCUT2D eigenvalue weighted by Crippen LogP contribution is -2.46. The van der Waals surface area contributed by atoms with Gasteiger partial charge < -0.3 is 10.6 Å². The summed E-state index contributed by atoms with van der Waals surface area (Å²) in [5, 5.41) is 5.74. The van der Waals surface area contributed by atoms with Gasteiger partial charge in [0.15, 0.2) is 0 Å². The van der Waals surface area contributed by atoms with Crippen LogP contribution in [-0.2, 0) is 12.8 Å². The number of urea groups is 1. The van der Waals surface area contributed by atoms with E-state index in [1.54, 1.807) is 0 Å². The second kappa shape index (κ2) is 6.43. The summed E-state index contributed by atoms with van der Waals surface area (Å²) in [7, 11) is 0. The van der Waals surface area contributed by atoms with E-state index in [1.165, 1.54) is 11.1 Å². The zero-order chi connectivity index (χ0) is 13.6. The molecule has 0 fully saturated rings. The van der Waals surface area contributed by atoms with E-state index in [4.69, 9.17) is 0 Å². The van der Waals surface area contributed by atoms with Gasteiger partial charge in [-0.3, -0.25) is 0 Å². The van der Waals surface area contributed by atoms with E-state index in [0.717, 1.165) is 12.8 Å². The van der Waals surface area contributed by atoms with Crippen molar-refractivity contribution in [1.82, 2.24) is 10.6 Å². The number of carbonyl (C=O) groups is 1. The molecule has 0 radical (unpaired) electrons. The van der Waals surface area contributed by atoms with Crippen molar-refractivity contribution in [1.29, 1.82) is 0 Å². The third-order valence-electron chi connectivity index (χ3n) is 2.62. The molecule has 3 nitrogen and oxygen atoms in total. The fourth-order valence-electron chi connectivity index (χ4n) is 1.65. The van der Waals surface area contributed by atoms with Crippen LogP contribution >= 0.6 is 0 Å². The minimum absolute atomic E-state index is 0.104. The molecule has 3 heteroatoms. The number of benzene rings is 1. The molecule has 2 amide bonds. The Morgan fingerprint density at radius 2 is 1.67 bits per heavy atom. The van der Waals surface area contributed by atoms with Gasteiger partial charge in [0.1, 0.15) is 0 Å². The van der Waals surface area contributed by atoms with Crippen LogP contribution < -0.4 is 10.6 Å². The van der Waals surface area contributed by atoms with Crippen molar-refractivity contribution in [2.45, 2.75) is 46.1 Å². The van der Waals surface area contributed by atoms with E-state index in [-0.39, 0.29) is 11.6 Å². The van der Waals surface area contributed by atoms with Crippen LogP contribution in [0.2, 0.25) is 0 Å². The Hall–Kier alpha value is -1.51. The Morgan fingerprint density at radius 1 is 1.11 bits per heavy atom. The van der Waals surface area contributed by atoms with Gasteiger partial charge in [0.2, 0.25) is 0 Å². The zero-order valence-electron chi connectivity index (χ0n) is 11.8. The molecule has 0 bridgehead atoms. The van der Waals surface area contributed by atoms with Crippen LogP contribution in [0, 0.1) is 0 Å². The van der Waals surface area contributed by atoms with E-state index in [0.29, 0.717) is 6.54 Å². The summed E-state index contributed by atoms with van der Waals surface area (Å²) in [6.07, 6.45) is 1.92. The molecule has 1 rings (SSSR count).